The Morgan fingerprint density at radius 1 is 1.40 bits per heavy atom. The topological polar surface area (TPSA) is 147 Å². The molecule has 0 aliphatic heterocycles. The van der Waals surface area contributed by atoms with Gasteiger partial charge in [-0.3, -0.25) is 4.79 Å². The molecule has 0 amide bonds. The van der Waals surface area contributed by atoms with E-state index in [1.165, 1.54) is 0 Å². The summed E-state index contributed by atoms with van der Waals surface area (Å²) < 4.78 is 0. The van der Waals surface area contributed by atoms with E-state index >= 15 is 0 Å². The van der Waals surface area contributed by atoms with Gasteiger partial charge in [0.1, 0.15) is 18.3 Å². The summed E-state index contributed by atoms with van der Waals surface area (Å²) in [4.78, 5) is 13.5. The van der Waals surface area contributed by atoms with Gasteiger partial charge in [-0.05, 0) is 12.0 Å². The number of hydrogen-bond acceptors (Lipinski definition) is 6. The van der Waals surface area contributed by atoms with Crippen LogP contribution in [0, 0.1) is 0 Å². The van der Waals surface area contributed by atoms with Crippen LogP contribution in [0.2, 0.25) is 0 Å². The molecule has 0 aromatic heterocycles. The van der Waals surface area contributed by atoms with Gasteiger partial charge < -0.3 is 20.4 Å². The third kappa shape index (κ3) is 4.73. The van der Waals surface area contributed by atoms with Gasteiger partial charge in [-0.1, -0.05) is 5.11 Å². The molecule has 3 atom stereocenters. The molecule has 0 aliphatic rings. The lowest BCUT2D eigenvalue weighted by Crippen LogP contribution is -2.42. The molecular formula is C7H13N3O5. The Labute approximate surface area is 85.4 Å². The number of rotatable bonds is 7. The van der Waals surface area contributed by atoms with Gasteiger partial charge in [0, 0.05) is 11.5 Å². The number of Topliss-reactive ketones (excluding diaryl/α,β-unsaturated/α-hetero) is 1. The monoisotopic (exact) mass is 219 g/mol. The molecule has 0 radical (unpaired) electrons. The standard InChI is InChI=1S/C7H13N3O5/c8-10-9-2-1-4(12)6(14)7(15)5(13)3-11/h4-5,7,11-13,15H,1-3H2/t4?,5-,7+/m1/s1. The minimum atomic E-state index is -1.84. The lowest BCUT2D eigenvalue weighted by atomic mass is 10.0. The van der Waals surface area contributed by atoms with E-state index in [0.29, 0.717) is 0 Å². The molecule has 0 saturated heterocycles. The van der Waals surface area contributed by atoms with Crippen molar-refractivity contribution in [3.05, 3.63) is 10.4 Å². The first-order chi connectivity index (χ1) is 7.04. The van der Waals surface area contributed by atoms with Crippen LogP contribution < -0.4 is 0 Å². The summed E-state index contributed by atoms with van der Waals surface area (Å²) in [5.41, 5.74) is 7.92. The van der Waals surface area contributed by atoms with E-state index in [0.717, 1.165) is 0 Å². The number of nitrogens with zero attached hydrogens (tertiary/aromatic N) is 3. The molecule has 0 fully saturated rings. The van der Waals surface area contributed by atoms with Crippen LogP contribution in [0.4, 0.5) is 0 Å². The summed E-state index contributed by atoms with van der Waals surface area (Å²) in [5.74, 6) is -1.01. The zero-order chi connectivity index (χ0) is 11.8. The molecule has 86 valence electrons. The Balaban J connectivity index is 4.12. The Morgan fingerprint density at radius 2 is 2.00 bits per heavy atom. The molecule has 0 rings (SSSR count). The Bertz CT molecular complexity index is 253. The SMILES string of the molecule is [N-]=[N+]=NCCC(O)C(=O)[C@@H](O)[C@H](O)CO. The molecule has 8 heteroatoms. The molecule has 8 nitrogen and oxygen atoms in total. The van der Waals surface area contributed by atoms with Crippen LogP contribution in [0.1, 0.15) is 6.42 Å². The number of hydrogen-bond donors (Lipinski definition) is 4. The predicted molar refractivity (Wildman–Crippen MR) is 48.7 cm³/mol. The van der Waals surface area contributed by atoms with Crippen molar-refractivity contribution in [2.24, 2.45) is 5.11 Å². The summed E-state index contributed by atoms with van der Waals surface area (Å²) >= 11 is 0. The van der Waals surface area contributed by atoms with Gasteiger partial charge in [-0.25, -0.2) is 0 Å². The maximum atomic E-state index is 11.1. The summed E-state index contributed by atoms with van der Waals surface area (Å²) in [6.45, 7) is -0.874. The maximum Gasteiger partial charge on any atom is 0.192 e. The molecule has 0 spiro atoms. The van der Waals surface area contributed by atoms with Crippen LogP contribution in [-0.4, -0.2) is 57.7 Å². The van der Waals surface area contributed by atoms with E-state index < -0.39 is 30.7 Å². The van der Waals surface area contributed by atoms with Crippen LogP contribution >= 0.6 is 0 Å². The minimum absolute atomic E-state index is 0.0919. The van der Waals surface area contributed by atoms with Crippen molar-refractivity contribution in [1.29, 1.82) is 0 Å². The van der Waals surface area contributed by atoms with Crippen molar-refractivity contribution in [2.75, 3.05) is 13.2 Å². The third-order valence-electron chi connectivity index (χ3n) is 1.74. The lowest BCUT2D eigenvalue weighted by molar-refractivity contribution is -0.143. The Hall–Kier alpha value is -1.18. The van der Waals surface area contributed by atoms with E-state index in [4.69, 9.17) is 20.9 Å². The van der Waals surface area contributed by atoms with Gasteiger partial charge >= 0.3 is 0 Å². The van der Waals surface area contributed by atoms with E-state index in [1.54, 1.807) is 0 Å². The summed E-state index contributed by atoms with van der Waals surface area (Å²) in [5, 5.41) is 38.7. The van der Waals surface area contributed by atoms with Crippen LogP contribution in [0.5, 0.6) is 0 Å². The van der Waals surface area contributed by atoms with Gasteiger partial charge in [0.05, 0.1) is 6.61 Å². The fourth-order valence-electron chi connectivity index (χ4n) is 0.854. The molecular weight excluding hydrogens is 206 g/mol. The number of carbonyl (C=O) groups excluding carboxylic acids is 1. The largest absolute Gasteiger partial charge is 0.394 e. The molecule has 0 heterocycles. The summed E-state index contributed by atoms with van der Waals surface area (Å²) in [6, 6.07) is 0. The smallest absolute Gasteiger partial charge is 0.192 e. The van der Waals surface area contributed by atoms with Crippen LogP contribution in [0.3, 0.4) is 0 Å². The highest BCUT2D eigenvalue weighted by molar-refractivity contribution is 5.87. The molecule has 0 aromatic carbocycles. The Morgan fingerprint density at radius 3 is 2.47 bits per heavy atom. The van der Waals surface area contributed by atoms with Crippen molar-refractivity contribution in [3.63, 3.8) is 0 Å². The summed E-state index contributed by atoms with van der Waals surface area (Å²) in [7, 11) is 0. The van der Waals surface area contributed by atoms with Gasteiger partial charge in [0.25, 0.3) is 0 Å². The number of aliphatic hydroxyl groups excluding tert-OH is 4. The molecule has 4 N–H and O–H groups in total. The predicted octanol–water partition coefficient (Wildman–Crippen LogP) is -1.67. The Kier molecular flexibility index (Phi) is 6.59. The quantitative estimate of drug-likeness (QED) is 0.229. The average Bonchev–Trinajstić information content (AvgIpc) is 2.26. The van der Waals surface area contributed by atoms with Gasteiger partial charge in [-0.2, -0.15) is 0 Å². The van der Waals surface area contributed by atoms with Crippen molar-refractivity contribution in [2.45, 2.75) is 24.7 Å². The molecule has 0 bridgehead atoms. The first kappa shape index (κ1) is 13.8. The van der Waals surface area contributed by atoms with E-state index in [1.807, 2.05) is 0 Å². The van der Waals surface area contributed by atoms with Gasteiger partial charge in [-0.15, -0.1) is 0 Å². The van der Waals surface area contributed by atoms with Crippen molar-refractivity contribution >= 4 is 5.78 Å². The number of ketones is 1. The number of aliphatic hydroxyl groups is 4. The van der Waals surface area contributed by atoms with Crippen LogP contribution in [0.15, 0.2) is 5.11 Å². The van der Waals surface area contributed by atoms with E-state index in [2.05, 4.69) is 10.0 Å². The zero-order valence-electron chi connectivity index (χ0n) is 7.89. The fraction of sp³-hybridized carbons (Fsp3) is 0.857. The second kappa shape index (κ2) is 7.16. The molecule has 1 unspecified atom stereocenters. The van der Waals surface area contributed by atoms with Crippen molar-refractivity contribution < 1.29 is 25.2 Å². The van der Waals surface area contributed by atoms with Gasteiger partial charge in [0.15, 0.2) is 5.78 Å². The van der Waals surface area contributed by atoms with E-state index in [9.17, 15) is 9.90 Å². The average molecular weight is 219 g/mol. The van der Waals surface area contributed by atoms with Crippen molar-refractivity contribution in [1.82, 2.24) is 0 Å². The number of azide groups is 1. The lowest BCUT2D eigenvalue weighted by Gasteiger charge is -2.17. The second-order valence-electron chi connectivity index (χ2n) is 2.86. The van der Waals surface area contributed by atoms with Crippen LogP contribution in [-0.2, 0) is 4.79 Å². The molecule has 0 aromatic rings. The molecule has 15 heavy (non-hydrogen) atoms. The zero-order valence-corrected chi connectivity index (χ0v) is 7.89. The minimum Gasteiger partial charge on any atom is -0.394 e. The number of carbonyl (C=O) groups is 1. The third-order valence-corrected chi connectivity index (χ3v) is 1.74. The first-order valence-electron chi connectivity index (χ1n) is 4.24. The van der Waals surface area contributed by atoms with Gasteiger partial charge in [0.2, 0.25) is 0 Å². The maximum absolute atomic E-state index is 11.1. The highest BCUT2D eigenvalue weighted by Crippen LogP contribution is 2.02. The highest BCUT2D eigenvalue weighted by Gasteiger charge is 2.28. The fourth-order valence-corrected chi connectivity index (χ4v) is 0.854. The van der Waals surface area contributed by atoms with E-state index in [-0.39, 0.29) is 13.0 Å². The summed E-state index contributed by atoms with van der Waals surface area (Å²) in [6.07, 6.45) is -5.12. The molecule has 0 aliphatic carbocycles. The second-order valence-corrected chi connectivity index (χ2v) is 2.86. The normalized spacial score (nSPS) is 16.3. The molecule has 0 saturated carbocycles. The first-order valence-corrected chi connectivity index (χ1v) is 4.24. The van der Waals surface area contributed by atoms with Crippen LogP contribution in [0.25, 0.3) is 10.4 Å². The highest BCUT2D eigenvalue weighted by atomic mass is 16.4. The van der Waals surface area contributed by atoms with Crippen molar-refractivity contribution in [3.8, 4) is 0 Å².